The minimum atomic E-state index is -0.549. The highest BCUT2D eigenvalue weighted by Gasteiger charge is 2.24. The van der Waals surface area contributed by atoms with Crippen LogP contribution >= 0.6 is 0 Å². The van der Waals surface area contributed by atoms with Crippen molar-refractivity contribution < 1.29 is 14.3 Å². The molecule has 0 aliphatic carbocycles. The van der Waals surface area contributed by atoms with Crippen LogP contribution in [0.1, 0.15) is 39.5 Å². The lowest BCUT2D eigenvalue weighted by Crippen LogP contribution is -2.42. The zero-order chi connectivity index (χ0) is 19.4. The van der Waals surface area contributed by atoms with Crippen LogP contribution in [-0.2, 0) is 4.79 Å². The van der Waals surface area contributed by atoms with Gasteiger partial charge in [-0.2, -0.15) is 0 Å². The summed E-state index contributed by atoms with van der Waals surface area (Å²) in [7, 11) is 1.64. The summed E-state index contributed by atoms with van der Waals surface area (Å²) in [6.45, 7) is 9.55. The first-order valence-corrected chi connectivity index (χ1v) is 8.78. The van der Waals surface area contributed by atoms with E-state index < -0.39 is 6.04 Å². The number of rotatable bonds is 6. The molecule has 2 aromatic rings. The molecule has 4 heteroatoms. The third-order valence-electron chi connectivity index (χ3n) is 4.84. The standard InChI is InChI=1S/C22H27NO3/c1-14-7-8-16(3)20(11-14)26-13-21(24)23(6)18(5)22(25)19-10-9-15(2)17(4)12-19/h7-12,18H,13H2,1-6H3. The quantitative estimate of drug-likeness (QED) is 0.737. The molecule has 2 aromatic carbocycles. The van der Waals surface area contributed by atoms with E-state index in [2.05, 4.69) is 0 Å². The van der Waals surface area contributed by atoms with Gasteiger partial charge in [0.25, 0.3) is 5.91 Å². The molecule has 0 fully saturated rings. The number of hydrogen-bond donors (Lipinski definition) is 0. The second-order valence-electron chi connectivity index (χ2n) is 6.90. The van der Waals surface area contributed by atoms with Crippen molar-refractivity contribution in [2.75, 3.05) is 13.7 Å². The molecule has 4 nitrogen and oxygen atoms in total. The monoisotopic (exact) mass is 353 g/mol. The summed E-state index contributed by atoms with van der Waals surface area (Å²) in [6, 6.07) is 10.9. The van der Waals surface area contributed by atoms with Crippen LogP contribution in [0.15, 0.2) is 36.4 Å². The van der Waals surface area contributed by atoms with Gasteiger partial charge in [0, 0.05) is 12.6 Å². The minimum absolute atomic E-state index is 0.0734. The molecule has 1 amide bonds. The van der Waals surface area contributed by atoms with Crippen molar-refractivity contribution in [2.45, 2.75) is 40.7 Å². The van der Waals surface area contributed by atoms with Crippen molar-refractivity contribution in [3.63, 3.8) is 0 Å². The SMILES string of the molecule is Cc1ccc(C)c(OCC(=O)N(C)C(C)C(=O)c2ccc(C)c(C)c2)c1. The number of Topliss-reactive ketones (excluding diaryl/α,β-unsaturated/α-hetero) is 1. The van der Waals surface area contributed by atoms with E-state index >= 15 is 0 Å². The Morgan fingerprint density at radius 3 is 2.27 bits per heavy atom. The molecular formula is C22H27NO3. The molecular weight excluding hydrogens is 326 g/mol. The second kappa shape index (κ2) is 8.17. The largest absolute Gasteiger partial charge is 0.483 e. The molecule has 0 saturated heterocycles. The normalized spacial score (nSPS) is 11.8. The number of hydrogen-bond acceptors (Lipinski definition) is 3. The maximum absolute atomic E-state index is 12.7. The molecule has 1 unspecified atom stereocenters. The Morgan fingerprint density at radius 2 is 1.62 bits per heavy atom. The van der Waals surface area contributed by atoms with E-state index in [4.69, 9.17) is 4.74 Å². The van der Waals surface area contributed by atoms with Crippen LogP contribution in [0.25, 0.3) is 0 Å². The van der Waals surface area contributed by atoms with E-state index in [-0.39, 0.29) is 18.3 Å². The number of aryl methyl sites for hydroxylation is 4. The zero-order valence-electron chi connectivity index (χ0n) is 16.4. The van der Waals surface area contributed by atoms with Crippen LogP contribution in [0.3, 0.4) is 0 Å². The van der Waals surface area contributed by atoms with Gasteiger partial charge in [0.1, 0.15) is 5.75 Å². The third kappa shape index (κ3) is 4.51. The van der Waals surface area contributed by atoms with Gasteiger partial charge < -0.3 is 9.64 Å². The van der Waals surface area contributed by atoms with Crippen molar-refractivity contribution in [1.82, 2.24) is 4.90 Å². The number of nitrogens with zero attached hydrogens (tertiary/aromatic N) is 1. The summed E-state index contributed by atoms with van der Waals surface area (Å²) < 4.78 is 5.67. The zero-order valence-corrected chi connectivity index (χ0v) is 16.4. The number of amides is 1. The lowest BCUT2D eigenvalue weighted by atomic mass is 10.00. The molecule has 0 saturated carbocycles. The number of carbonyl (C=O) groups excluding carboxylic acids is 2. The highest BCUT2D eigenvalue weighted by molar-refractivity contribution is 6.01. The molecule has 2 rings (SSSR count). The van der Waals surface area contributed by atoms with Crippen molar-refractivity contribution in [1.29, 1.82) is 0 Å². The maximum Gasteiger partial charge on any atom is 0.260 e. The van der Waals surface area contributed by atoms with Crippen LogP contribution < -0.4 is 4.74 Å². The fraction of sp³-hybridized carbons (Fsp3) is 0.364. The Bertz CT molecular complexity index is 826. The first-order valence-electron chi connectivity index (χ1n) is 8.78. The van der Waals surface area contributed by atoms with Gasteiger partial charge in [-0.3, -0.25) is 9.59 Å². The highest BCUT2D eigenvalue weighted by Crippen LogP contribution is 2.19. The Hall–Kier alpha value is -2.62. The Kier molecular flexibility index (Phi) is 6.19. The maximum atomic E-state index is 12.7. The lowest BCUT2D eigenvalue weighted by molar-refractivity contribution is -0.133. The first-order chi connectivity index (χ1) is 12.2. The summed E-state index contributed by atoms with van der Waals surface area (Å²) in [6.07, 6.45) is 0. The Labute approximate surface area is 155 Å². The van der Waals surface area contributed by atoms with Gasteiger partial charge in [-0.05, 0) is 69.0 Å². The third-order valence-corrected chi connectivity index (χ3v) is 4.84. The van der Waals surface area contributed by atoms with E-state index in [9.17, 15) is 9.59 Å². The molecule has 1 atom stereocenters. The van der Waals surface area contributed by atoms with Crippen molar-refractivity contribution in [2.24, 2.45) is 0 Å². The van der Waals surface area contributed by atoms with Gasteiger partial charge in [0.15, 0.2) is 12.4 Å². The molecule has 0 aromatic heterocycles. The average Bonchev–Trinajstić information content (AvgIpc) is 2.62. The van der Waals surface area contributed by atoms with Crippen molar-refractivity contribution in [3.05, 3.63) is 64.2 Å². The number of likely N-dealkylation sites (N-methyl/N-ethyl adjacent to an activating group) is 1. The van der Waals surface area contributed by atoms with E-state index in [1.807, 2.05) is 64.1 Å². The number of benzene rings is 2. The fourth-order valence-electron chi connectivity index (χ4n) is 2.63. The van der Waals surface area contributed by atoms with E-state index in [1.165, 1.54) is 4.90 Å². The Balaban J connectivity index is 2.03. The molecule has 26 heavy (non-hydrogen) atoms. The van der Waals surface area contributed by atoms with E-state index in [0.29, 0.717) is 11.3 Å². The van der Waals surface area contributed by atoms with Crippen LogP contribution in [0.4, 0.5) is 0 Å². The van der Waals surface area contributed by atoms with Gasteiger partial charge in [-0.25, -0.2) is 0 Å². The first kappa shape index (κ1) is 19.7. The fourth-order valence-corrected chi connectivity index (χ4v) is 2.63. The van der Waals surface area contributed by atoms with Crippen LogP contribution in [0, 0.1) is 27.7 Å². The van der Waals surface area contributed by atoms with Crippen LogP contribution in [-0.4, -0.2) is 36.3 Å². The van der Waals surface area contributed by atoms with Gasteiger partial charge in [0.05, 0.1) is 6.04 Å². The molecule has 0 radical (unpaired) electrons. The van der Waals surface area contributed by atoms with Gasteiger partial charge in [0.2, 0.25) is 0 Å². The van der Waals surface area contributed by atoms with Crippen LogP contribution in [0.5, 0.6) is 5.75 Å². The summed E-state index contributed by atoms with van der Waals surface area (Å²) in [5.74, 6) is 0.395. The number of ketones is 1. The van der Waals surface area contributed by atoms with Gasteiger partial charge in [-0.15, -0.1) is 0 Å². The molecule has 0 aliphatic heterocycles. The molecule has 0 heterocycles. The van der Waals surface area contributed by atoms with E-state index in [1.54, 1.807) is 14.0 Å². The van der Waals surface area contributed by atoms with Crippen LogP contribution in [0.2, 0.25) is 0 Å². The van der Waals surface area contributed by atoms with Gasteiger partial charge >= 0.3 is 0 Å². The van der Waals surface area contributed by atoms with Crippen molar-refractivity contribution >= 4 is 11.7 Å². The summed E-state index contributed by atoms with van der Waals surface area (Å²) in [5, 5.41) is 0. The number of ether oxygens (including phenoxy) is 1. The number of carbonyl (C=O) groups is 2. The van der Waals surface area contributed by atoms with Gasteiger partial charge in [-0.1, -0.05) is 24.3 Å². The molecule has 0 bridgehead atoms. The van der Waals surface area contributed by atoms with E-state index in [0.717, 1.165) is 22.3 Å². The topological polar surface area (TPSA) is 46.6 Å². The lowest BCUT2D eigenvalue weighted by Gasteiger charge is -2.24. The molecule has 0 aliphatic rings. The predicted molar refractivity (Wildman–Crippen MR) is 104 cm³/mol. The Morgan fingerprint density at radius 1 is 0.962 bits per heavy atom. The summed E-state index contributed by atoms with van der Waals surface area (Å²) in [5.41, 5.74) is 4.88. The average molecular weight is 353 g/mol. The molecule has 0 spiro atoms. The minimum Gasteiger partial charge on any atom is -0.483 e. The smallest absolute Gasteiger partial charge is 0.260 e. The highest BCUT2D eigenvalue weighted by atomic mass is 16.5. The molecule has 138 valence electrons. The molecule has 0 N–H and O–H groups in total. The summed E-state index contributed by atoms with van der Waals surface area (Å²) in [4.78, 5) is 26.6. The van der Waals surface area contributed by atoms with Crippen molar-refractivity contribution in [3.8, 4) is 5.75 Å². The summed E-state index contributed by atoms with van der Waals surface area (Å²) >= 11 is 0. The second-order valence-corrected chi connectivity index (χ2v) is 6.90. The predicted octanol–water partition coefficient (Wildman–Crippen LogP) is 4.03.